The molecule has 1 aliphatic rings. The van der Waals surface area contributed by atoms with Gasteiger partial charge in [0.2, 0.25) is 6.33 Å². The van der Waals surface area contributed by atoms with Crippen LogP contribution in [0.25, 0.3) is 60.5 Å². The summed E-state index contributed by atoms with van der Waals surface area (Å²) in [6.45, 7) is 28.4. The third kappa shape index (κ3) is 20.9. The van der Waals surface area contributed by atoms with Crippen LogP contribution >= 0.6 is 34.8 Å². The monoisotopic (exact) mass is 1690 g/mol. The molecule has 0 amide bonds. The van der Waals surface area contributed by atoms with Crippen LogP contribution < -0.4 is 11.0 Å². The molecule has 14 aromatic rings. The van der Waals surface area contributed by atoms with E-state index in [9.17, 15) is 43.6 Å². The summed E-state index contributed by atoms with van der Waals surface area (Å²) in [6.07, 6.45) is 14.5. The molecule has 1 saturated heterocycles. The van der Waals surface area contributed by atoms with E-state index >= 15 is 0 Å². The van der Waals surface area contributed by atoms with E-state index in [1.54, 1.807) is 134 Å². The number of rotatable bonds is 12. The number of hydrogen-bond donors (Lipinski definition) is 1. The number of carbonyl (C=O) groups is 1. The van der Waals surface area contributed by atoms with Crippen LogP contribution in [0.1, 0.15) is 64.9 Å². The van der Waals surface area contributed by atoms with Gasteiger partial charge < -0.3 is 47.5 Å². The van der Waals surface area contributed by atoms with Crippen molar-refractivity contribution in [2.45, 2.75) is 81.4 Å². The fourth-order valence-electron chi connectivity index (χ4n) is 10.4. The summed E-state index contributed by atoms with van der Waals surface area (Å²) < 4.78 is 121. The van der Waals surface area contributed by atoms with Crippen molar-refractivity contribution < 1.29 is 72.7 Å². The SMILES string of the molecule is C.CC.CC1(C)OB(c2cn(S(=O)(=O)c3ccccc3)c3ncccc23)OC1(C)C.Clc1cc(Cl)ncn1.O=C(O)c1cccn(Cc2ccc(F)c(F)c2)c1=O.O=S(=O)(c1ccccc1)n1cc(-c2cc(Cl)ncn2)c2cccnc21.[C-]#N.[C-]#N.[C-]#[N+]c1cc(-c2cn(S(=O)(=O)c3ccccc3)c3ncccc23)ncn1.[Zn+2]. The van der Waals surface area contributed by atoms with Crippen molar-refractivity contribution in [3.05, 3.63) is 311 Å². The summed E-state index contributed by atoms with van der Waals surface area (Å²) in [5, 5.41) is 24.3. The van der Waals surface area contributed by atoms with Crippen LogP contribution in [0.5, 0.6) is 0 Å². The molecule has 37 heteroatoms. The molecule has 4 aromatic carbocycles. The maximum Gasteiger partial charge on any atom is 2.00 e. The van der Waals surface area contributed by atoms with Crippen molar-refractivity contribution in [3.8, 4) is 22.5 Å². The molecule has 11 heterocycles. The first-order valence-corrected chi connectivity index (χ1v) is 37.8. The van der Waals surface area contributed by atoms with Crippen molar-refractivity contribution in [2.75, 3.05) is 0 Å². The van der Waals surface area contributed by atoms with Gasteiger partial charge >= 0.3 is 32.6 Å². The molecule has 0 spiro atoms. The van der Waals surface area contributed by atoms with E-state index in [-0.39, 0.29) is 64.7 Å². The van der Waals surface area contributed by atoms with Gasteiger partial charge in [0.05, 0.1) is 43.8 Å². The smallest absolute Gasteiger partial charge is 0.512 e. The molecule has 113 heavy (non-hydrogen) atoms. The van der Waals surface area contributed by atoms with Gasteiger partial charge in [-0.05, 0) is 136 Å². The summed E-state index contributed by atoms with van der Waals surface area (Å²) in [5.74, 6) is -3.13. The average Bonchev–Trinajstić information content (AvgIpc) is 1.61. The Kier molecular flexibility index (Phi) is 31.9. The minimum atomic E-state index is -3.82. The van der Waals surface area contributed by atoms with Crippen molar-refractivity contribution >= 4 is 122 Å². The van der Waals surface area contributed by atoms with Gasteiger partial charge in [-0.2, -0.15) is 0 Å². The second-order valence-corrected chi connectivity index (χ2v) is 30.0. The Morgan fingerprint density at radius 2 is 0.920 bits per heavy atom. The molecule has 572 valence electrons. The van der Waals surface area contributed by atoms with E-state index in [2.05, 4.69) is 49.7 Å². The molecule has 0 radical (unpaired) electrons. The predicted octanol–water partition coefficient (Wildman–Crippen LogP) is 14.7. The summed E-state index contributed by atoms with van der Waals surface area (Å²) in [7, 11) is -12.1. The molecular formula is C76H64BCl3F2N16O11S3Zn. The fourth-order valence-corrected chi connectivity index (χ4v) is 14.9. The van der Waals surface area contributed by atoms with Gasteiger partial charge in [0.1, 0.15) is 33.7 Å². The largest absolute Gasteiger partial charge is 2.00 e. The molecule has 0 saturated carbocycles. The maximum absolute atomic E-state index is 13.2. The number of pyridine rings is 4. The summed E-state index contributed by atoms with van der Waals surface area (Å²) >= 11 is 16.8. The Morgan fingerprint density at radius 1 is 0.522 bits per heavy atom. The second-order valence-electron chi connectivity index (χ2n) is 23.4. The van der Waals surface area contributed by atoms with Crippen LogP contribution in [0, 0.1) is 41.9 Å². The first-order valence-electron chi connectivity index (χ1n) is 32.4. The molecule has 0 bridgehead atoms. The third-order valence-electron chi connectivity index (χ3n) is 16.2. The van der Waals surface area contributed by atoms with Crippen LogP contribution in [0.4, 0.5) is 14.6 Å². The first kappa shape index (κ1) is 90.2. The number of benzene rings is 4. The molecule has 0 unspecified atom stereocenters. The van der Waals surface area contributed by atoms with Gasteiger partial charge in [-0.15, -0.1) is 4.98 Å². The van der Waals surface area contributed by atoms with E-state index < -0.39 is 71.6 Å². The molecule has 1 aliphatic heterocycles. The number of carboxylic acids is 1. The normalized spacial score (nSPS) is 12.2. The van der Waals surface area contributed by atoms with Crippen LogP contribution in [0.3, 0.4) is 0 Å². The molecular weight excluding hydrogens is 1630 g/mol. The Balaban J connectivity index is 0.000000222. The van der Waals surface area contributed by atoms with Crippen molar-refractivity contribution in [1.82, 2.24) is 61.3 Å². The average molecular weight is 1690 g/mol. The zero-order valence-corrected chi connectivity index (χ0v) is 67.5. The van der Waals surface area contributed by atoms with E-state index in [1.807, 2.05) is 47.6 Å². The molecule has 0 atom stereocenters. The zero-order chi connectivity index (χ0) is 81.0. The number of halogens is 5. The minimum absolute atomic E-state index is 0. The predicted molar refractivity (Wildman–Crippen MR) is 419 cm³/mol. The van der Waals surface area contributed by atoms with Gasteiger partial charge in [0, 0.05) is 88.3 Å². The molecule has 27 nitrogen and oxygen atoms in total. The number of fused-ring (bicyclic) bond motifs is 3. The van der Waals surface area contributed by atoms with Gasteiger partial charge in [-0.25, -0.2) is 90.6 Å². The molecule has 10 aromatic heterocycles. The number of carboxylic acid groups (broad SMARTS) is 1. The zero-order valence-electron chi connectivity index (χ0n) is 59.8. The Morgan fingerprint density at radius 3 is 1.33 bits per heavy atom. The van der Waals surface area contributed by atoms with Crippen molar-refractivity contribution in [1.29, 1.82) is 10.5 Å². The fraction of sp³-hybridized carbons (Fsp3) is 0.132. The van der Waals surface area contributed by atoms with Gasteiger partial charge in [-0.1, -0.05) is 123 Å². The van der Waals surface area contributed by atoms with E-state index in [1.165, 1.54) is 94.2 Å². The van der Waals surface area contributed by atoms with Gasteiger partial charge in [0.25, 0.3) is 41.4 Å². The van der Waals surface area contributed by atoms with Gasteiger partial charge in [0.15, 0.2) is 28.6 Å². The molecule has 1 N–H and O–H groups in total. The van der Waals surface area contributed by atoms with E-state index in [4.69, 9.17) is 79.5 Å². The summed E-state index contributed by atoms with van der Waals surface area (Å²) in [6, 6.07) is 45.7. The summed E-state index contributed by atoms with van der Waals surface area (Å²) in [5.41, 5.74) is 2.07. The topological polar surface area (TPSA) is 363 Å². The van der Waals surface area contributed by atoms with Crippen LogP contribution in [-0.4, -0.2) is 116 Å². The number of hydrogen-bond acceptors (Lipinski definition) is 21. The molecule has 0 aliphatic carbocycles. The molecule has 15 rings (SSSR count). The van der Waals surface area contributed by atoms with Crippen LogP contribution in [0.2, 0.25) is 15.5 Å². The number of nitrogens with zero attached hydrogens (tertiary/aromatic N) is 16. The Bertz CT molecular complexity index is 6130. The van der Waals surface area contributed by atoms with E-state index in [0.29, 0.717) is 76.9 Å². The minimum Gasteiger partial charge on any atom is -0.512 e. The van der Waals surface area contributed by atoms with Crippen LogP contribution in [-0.2, 0) is 65.4 Å². The Hall–Kier alpha value is -11.7. The summed E-state index contributed by atoms with van der Waals surface area (Å²) in [4.78, 5) is 62.6. The number of aromatic nitrogens is 13. The third-order valence-corrected chi connectivity index (χ3v) is 21.8. The van der Waals surface area contributed by atoms with Crippen molar-refractivity contribution in [2.24, 2.45) is 0 Å². The quantitative estimate of drug-likeness (QED) is 0.0674. The molecule has 1 fully saturated rings. The van der Waals surface area contributed by atoms with Crippen LogP contribution in [0.15, 0.2) is 258 Å². The number of aromatic carboxylic acids is 1. The maximum atomic E-state index is 13.2. The first-order chi connectivity index (χ1) is 53.1. The standard InChI is InChI=1S/C19H21BN2O4S.C18H11N5O2S.C17H11ClN4O2S.C13H9F2NO3.C4H2Cl2N2.C2H6.2CN.CH4.Zn/c1-18(2)19(3,4)26-20(25-18)16-13-22(17-15(16)11-8-12-21-17)27(23,24)14-9-6-5-7-10-14;1-19-17-10-16(21-12-22-17)15-11-23(18-14(15)8-5-9-20-18)26(24,25)13-6-3-2-4-7-13;18-16-9-15(20-11-21-16)14-10-22(17-13(14)7-4-8-19-17)25(23,24)12-5-2-1-3-6-12;14-10-4-3-8(6-11(10)15)7-16-5-1-2-9(12(16)17)13(18)19;5-3-1-4(6)8-2-7-3;3*1-2;;/h5-13H,1-4H3;2-12H;1-11H;1-6H,7H2,(H,18,19);1-2H;1-2H3;;;1H4;/q;;;;;;2*-1;;+2. The second kappa shape index (κ2) is 39.9. The van der Waals surface area contributed by atoms with Gasteiger partial charge in [-0.3, -0.25) is 4.79 Å². The Labute approximate surface area is 677 Å². The van der Waals surface area contributed by atoms with Crippen molar-refractivity contribution in [3.63, 3.8) is 0 Å². The van der Waals surface area contributed by atoms with E-state index in [0.717, 1.165) is 20.7 Å².